The standard InChI is InChI=1S/C15H17F3N2/c1-2-20(10-11-4-3-5-11)13-7-6-12(9-19)14(8-13)15(16,17)18/h6-8,11H,2-5,10H2,1H3. The van der Waals surface area contributed by atoms with Gasteiger partial charge in [-0.15, -0.1) is 0 Å². The Morgan fingerprint density at radius 3 is 2.50 bits per heavy atom. The molecule has 0 heterocycles. The molecule has 2 nitrogen and oxygen atoms in total. The molecule has 0 bridgehead atoms. The Kier molecular flexibility index (Phi) is 4.22. The minimum absolute atomic E-state index is 0.319. The highest BCUT2D eigenvalue weighted by Crippen LogP contribution is 2.35. The van der Waals surface area contributed by atoms with Gasteiger partial charge in [0.1, 0.15) is 0 Å². The fraction of sp³-hybridized carbons (Fsp3) is 0.533. The summed E-state index contributed by atoms with van der Waals surface area (Å²) >= 11 is 0. The highest BCUT2D eigenvalue weighted by Gasteiger charge is 2.34. The molecule has 1 aromatic rings. The number of benzene rings is 1. The molecule has 1 aliphatic rings. The molecule has 20 heavy (non-hydrogen) atoms. The quantitative estimate of drug-likeness (QED) is 0.827. The summed E-state index contributed by atoms with van der Waals surface area (Å²) in [7, 11) is 0. The first kappa shape index (κ1) is 14.7. The van der Waals surface area contributed by atoms with Gasteiger partial charge in [-0.1, -0.05) is 6.42 Å². The lowest BCUT2D eigenvalue weighted by molar-refractivity contribution is -0.137. The lowest BCUT2D eigenvalue weighted by Gasteiger charge is -2.33. The van der Waals surface area contributed by atoms with Gasteiger partial charge in [-0.05, 0) is 43.9 Å². The number of alkyl halides is 3. The van der Waals surface area contributed by atoms with Crippen molar-refractivity contribution < 1.29 is 13.2 Å². The van der Waals surface area contributed by atoms with Crippen LogP contribution in [-0.2, 0) is 6.18 Å². The summed E-state index contributed by atoms with van der Waals surface area (Å²) in [5.41, 5.74) is -0.615. The second-order valence-corrected chi connectivity index (χ2v) is 5.18. The van der Waals surface area contributed by atoms with E-state index in [1.807, 2.05) is 11.8 Å². The number of anilines is 1. The van der Waals surface area contributed by atoms with Gasteiger partial charge in [0.05, 0.1) is 17.2 Å². The van der Waals surface area contributed by atoms with Crippen molar-refractivity contribution in [2.75, 3.05) is 18.0 Å². The van der Waals surface area contributed by atoms with Gasteiger partial charge in [-0.3, -0.25) is 0 Å². The van der Waals surface area contributed by atoms with E-state index in [4.69, 9.17) is 5.26 Å². The van der Waals surface area contributed by atoms with Crippen molar-refractivity contribution in [3.8, 4) is 6.07 Å². The van der Waals surface area contributed by atoms with Crippen LogP contribution in [0.15, 0.2) is 18.2 Å². The predicted molar refractivity (Wildman–Crippen MR) is 71.4 cm³/mol. The van der Waals surface area contributed by atoms with Gasteiger partial charge in [-0.2, -0.15) is 18.4 Å². The van der Waals surface area contributed by atoms with Crippen LogP contribution in [0, 0.1) is 17.2 Å². The molecular weight excluding hydrogens is 265 g/mol. The third-order valence-corrected chi connectivity index (χ3v) is 3.88. The third-order valence-electron chi connectivity index (χ3n) is 3.88. The van der Waals surface area contributed by atoms with Gasteiger partial charge >= 0.3 is 6.18 Å². The van der Waals surface area contributed by atoms with Gasteiger partial charge in [-0.25, -0.2) is 0 Å². The minimum Gasteiger partial charge on any atom is -0.372 e. The van der Waals surface area contributed by atoms with E-state index in [1.165, 1.54) is 12.5 Å². The molecular formula is C15H17F3N2. The molecule has 2 rings (SSSR count). The second kappa shape index (κ2) is 5.74. The highest BCUT2D eigenvalue weighted by molar-refractivity contribution is 5.54. The number of rotatable bonds is 4. The van der Waals surface area contributed by atoms with Gasteiger partial charge < -0.3 is 4.90 Å². The van der Waals surface area contributed by atoms with Crippen LogP contribution in [-0.4, -0.2) is 13.1 Å². The number of nitrogens with zero attached hydrogens (tertiary/aromatic N) is 2. The Balaban J connectivity index is 2.29. The topological polar surface area (TPSA) is 27.0 Å². The molecule has 108 valence electrons. The minimum atomic E-state index is -4.49. The van der Waals surface area contributed by atoms with Crippen molar-refractivity contribution in [3.05, 3.63) is 29.3 Å². The van der Waals surface area contributed by atoms with Gasteiger partial charge in [0.15, 0.2) is 0 Å². The van der Waals surface area contributed by atoms with Crippen LogP contribution >= 0.6 is 0 Å². The number of halogens is 3. The summed E-state index contributed by atoms with van der Waals surface area (Å²) in [4.78, 5) is 1.96. The van der Waals surface area contributed by atoms with Crippen molar-refractivity contribution in [2.45, 2.75) is 32.4 Å². The third kappa shape index (κ3) is 3.06. The average Bonchev–Trinajstić information content (AvgIpc) is 2.36. The Bertz CT molecular complexity index is 513. The zero-order chi connectivity index (χ0) is 14.8. The summed E-state index contributed by atoms with van der Waals surface area (Å²) < 4.78 is 38.9. The molecule has 0 spiro atoms. The second-order valence-electron chi connectivity index (χ2n) is 5.18. The normalized spacial score (nSPS) is 15.6. The maximum absolute atomic E-state index is 13.0. The molecule has 1 aromatic carbocycles. The molecule has 0 aliphatic heterocycles. The lowest BCUT2D eigenvalue weighted by Crippen LogP contribution is -2.32. The molecule has 0 unspecified atom stereocenters. The Morgan fingerprint density at radius 1 is 1.35 bits per heavy atom. The van der Waals surface area contributed by atoms with E-state index in [-0.39, 0.29) is 5.56 Å². The smallest absolute Gasteiger partial charge is 0.372 e. The fourth-order valence-electron chi connectivity index (χ4n) is 2.47. The SMILES string of the molecule is CCN(CC1CCC1)c1ccc(C#N)c(C(F)(F)F)c1. The van der Waals surface area contributed by atoms with E-state index >= 15 is 0 Å². The van der Waals surface area contributed by atoms with Gasteiger partial charge in [0, 0.05) is 18.8 Å². The molecule has 5 heteroatoms. The summed E-state index contributed by atoms with van der Waals surface area (Å²) in [5.74, 6) is 0.583. The van der Waals surface area contributed by atoms with E-state index < -0.39 is 11.7 Å². The molecule has 0 radical (unpaired) electrons. The highest BCUT2D eigenvalue weighted by atomic mass is 19.4. The van der Waals surface area contributed by atoms with Crippen LogP contribution in [0.1, 0.15) is 37.3 Å². The lowest BCUT2D eigenvalue weighted by atomic mass is 9.85. The van der Waals surface area contributed by atoms with Crippen LogP contribution in [0.2, 0.25) is 0 Å². The van der Waals surface area contributed by atoms with E-state index in [0.717, 1.165) is 25.5 Å². The molecule has 1 saturated carbocycles. The summed E-state index contributed by atoms with van der Waals surface area (Å²) in [6.07, 6.45) is -0.974. The first-order chi connectivity index (χ1) is 9.45. The number of nitriles is 1. The van der Waals surface area contributed by atoms with E-state index in [2.05, 4.69) is 0 Å². The van der Waals surface area contributed by atoms with Gasteiger partial charge in [0.2, 0.25) is 0 Å². The average molecular weight is 282 g/mol. The van der Waals surface area contributed by atoms with Crippen LogP contribution in [0.25, 0.3) is 0 Å². The Hall–Kier alpha value is -1.70. The summed E-state index contributed by atoms with van der Waals surface area (Å²) in [6.45, 7) is 3.39. The zero-order valence-corrected chi connectivity index (χ0v) is 11.4. The van der Waals surface area contributed by atoms with Crippen molar-refractivity contribution >= 4 is 5.69 Å². The molecule has 0 amide bonds. The van der Waals surface area contributed by atoms with E-state index in [0.29, 0.717) is 18.2 Å². The maximum atomic E-state index is 13.0. The van der Waals surface area contributed by atoms with E-state index in [1.54, 1.807) is 12.1 Å². The molecule has 1 aliphatic carbocycles. The van der Waals surface area contributed by atoms with Gasteiger partial charge in [0.25, 0.3) is 0 Å². The fourth-order valence-corrected chi connectivity index (χ4v) is 2.47. The van der Waals surface area contributed by atoms with Crippen LogP contribution in [0.5, 0.6) is 0 Å². The molecule has 0 aromatic heterocycles. The monoisotopic (exact) mass is 282 g/mol. The maximum Gasteiger partial charge on any atom is 0.417 e. The summed E-state index contributed by atoms with van der Waals surface area (Å²) in [6, 6.07) is 5.58. The zero-order valence-electron chi connectivity index (χ0n) is 11.4. The molecule has 1 fully saturated rings. The van der Waals surface area contributed by atoms with Crippen molar-refractivity contribution in [1.29, 1.82) is 5.26 Å². The predicted octanol–water partition coefficient (Wildman–Crippen LogP) is 4.20. The first-order valence-corrected chi connectivity index (χ1v) is 6.82. The number of hydrogen-bond acceptors (Lipinski definition) is 2. The molecule has 0 atom stereocenters. The van der Waals surface area contributed by atoms with Crippen molar-refractivity contribution in [2.24, 2.45) is 5.92 Å². The molecule has 0 saturated heterocycles. The van der Waals surface area contributed by atoms with Crippen LogP contribution < -0.4 is 4.90 Å². The van der Waals surface area contributed by atoms with E-state index in [9.17, 15) is 13.2 Å². The Labute approximate surface area is 116 Å². The summed E-state index contributed by atoms with van der Waals surface area (Å²) in [5, 5.41) is 8.80. The first-order valence-electron chi connectivity index (χ1n) is 6.82. The van der Waals surface area contributed by atoms with Crippen LogP contribution in [0.4, 0.5) is 18.9 Å². The Morgan fingerprint density at radius 2 is 2.05 bits per heavy atom. The molecule has 0 N–H and O–H groups in total. The number of hydrogen-bond donors (Lipinski definition) is 0. The largest absolute Gasteiger partial charge is 0.417 e. The van der Waals surface area contributed by atoms with Crippen molar-refractivity contribution in [3.63, 3.8) is 0 Å². The van der Waals surface area contributed by atoms with Crippen LogP contribution in [0.3, 0.4) is 0 Å². The van der Waals surface area contributed by atoms with Crippen molar-refractivity contribution in [1.82, 2.24) is 0 Å².